The summed E-state index contributed by atoms with van der Waals surface area (Å²) in [5, 5.41) is 11.5. The van der Waals surface area contributed by atoms with E-state index in [1.165, 1.54) is 23.4 Å². The number of carboxylic acids is 1. The molecule has 2 N–H and O–H groups in total. The monoisotopic (exact) mass is 529 g/mol. The number of nitrogens with one attached hydrogen (secondary N) is 1. The van der Waals surface area contributed by atoms with Crippen LogP contribution in [0.2, 0.25) is 0 Å². The zero-order chi connectivity index (χ0) is 18.1. The Labute approximate surface area is 167 Å². The van der Waals surface area contributed by atoms with Crippen LogP contribution in [0, 0.1) is 13.0 Å². The van der Waals surface area contributed by atoms with Crippen molar-refractivity contribution in [2.75, 3.05) is 7.05 Å². The minimum absolute atomic E-state index is 0. The molecular formula is C20H20N3O2Pt-. The zero-order valence-electron chi connectivity index (χ0n) is 14.5. The third-order valence-electron chi connectivity index (χ3n) is 3.32. The van der Waals surface area contributed by atoms with E-state index in [1.54, 1.807) is 12.1 Å². The summed E-state index contributed by atoms with van der Waals surface area (Å²) < 4.78 is 0. The van der Waals surface area contributed by atoms with Gasteiger partial charge in [0.1, 0.15) is 5.69 Å². The smallest absolute Gasteiger partial charge is 0.354 e. The van der Waals surface area contributed by atoms with Gasteiger partial charge in [-0.2, -0.15) is 0 Å². The van der Waals surface area contributed by atoms with Crippen LogP contribution in [0.4, 0.5) is 0 Å². The van der Waals surface area contributed by atoms with E-state index in [1.807, 2.05) is 31.4 Å². The molecule has 3 aromatic rings. The average Bonchev–Trinajstić information content (AvgIpc) is 2.63. The number of pyridine rings is 2. The number of aryl methyl sites for hydroxylation is 1. The molecule has 0 amide bonds. The summed E-state index contributed by atoms with van der Waals surface area (Å²) in [6.45, 7) is 2.94. The van der Waals surface area contributed by atoms with E-state index in [0.717, 1.165) is 17.8 Å². The molecule has 0 aliphatic heterocycles. The Morgan fingerprint density at radius 3 is 2.54 bits per heavy atom. The van der Waals surface area contributed by atoms with Crippen LogP contribution in [-0.4, -0.2) is 28.1 Å². The predicted octanol–water partition coefficient (Wildman–Crippen LogP) is 3.35. The van der Waals surface area contributed by atoms with Crippen LogP contribution in [0.25, 0.3) is 11.3 Å². The Morgan fingerprint density at radius 2 is 1.96 bits per heavy atom. The number of rotatable bonds is 4. The van der Waals surface area contributed by atoms with Crippen molar-refractivity contribution in [1.82, 2.24) is 15.3 Å². The summed E-state index contributed by atoms with van der Waals surface area (Å²) in [5.74, 6) is -0.990. The molecule has 0 spiro atoms. The normalized spacial score (nSPS) is 9.46. The van der Waals surface area contributed by atoms with Crippen LogP contribution in [0.15, 0.2) is 60.9 Å². The van der Waals surface area contributed by atoms with E-state index in [0.29, 0.717) is 0 Å². The molecular weight excluding hydrogens is 509 g/mol. The van der Waals surface area contributed by atoms with Crippen molar-refractivity contribution in [3.05, 3.63) is 83.8 Å². The molecule has 1 aromatic carbocycles. The van der Waals surface area contributed by atoms with Gasteiger partial charge in [-0.3, -0.25) is 0 Å². The number of hydrogen-bond donors (Lipinski definition) is 2. The molecule has 5 nitrogen and oxygen atoms in total. The minimum atomic E-state index is -0.990. The van der Waals surface area contributed by atoms with Crippen molar-refractivity contribution < 1.29 is 31.0 Å². The van der Waals surface area contributed by atoms with Crippen molar-refractivity contribution >= 4 is 5.97 Å². The third kappa shape index (κ3) is 6.87. The zero-order valence-corrected chi connectivity index (χ0v) is 16.8. The van der Waals surface area contributed by atoms with Crippen LogP contribution >= 0.6 is 0 Å². The van der Waals surface area contributed by atoms with Crippen molar-refractivity contribution in [2.45, 2.75) is 13.5 Å². The number of benzene rings is 1. The van der Waals surface area contributed by atoms with E-state index in [-0.39, 0.29) is 26.8 Å². The van der Waals surface area contributed by atoms with Gasteiger partial charge in [0.2, 0.25) is 0 Å². The summed E-state index contributed by atoms with van der Waals surface area (Å²) in [6, 6.07) is 18.2. The minimum Gasteiger partial charge on any atom is -0.477 e. The molecule has 2 heterocycles. The third-order valence-corrected chi connectivity index (χ3v) is 3.32. The molecule has 3 rings (SSSR count). The van der Waals surface area contributed by atoms with Crippen LogP contribution in [0.3, 0.4) is 0 Å². The number of aromatic carboxylic acids is 1. The molecule has 0 fully saturated rings. The van der Waals surface area contributed by atoms with Crippen LogP contribution < -0.4 is 5.32 Å². The van der Waals surface area contributed by atoms with Crippen molar-refractivity contribution in [3.8, 4) is 11.3 Å². The van der Waals surface area contributed by atoms with Gasteiger partial charge in [0.05, 0.1) is 0 Å². The van der Waals surface area contributed by atoms with E-state index in [4.69, 9.17) is 5.11 Å². The maximum Gasteiger partial charge on any atom is 0.354 e. The largest absolute Gasteiger partial charge is 0.477 e. The molecule has 2 aromatic heterocycles. The second kappa shape index (κ2) is 11.3. The van der Waals surface area contributed by atoms with Crippen LogP contribution in [0.5, 0.6) is 0 Å². The van der Waals surface area contributed by atoms with Crippen LogP contribution in [0.1, 0.15) is 21.6 Å². The quantitative estimate of drug-likeness (QED) is 0.508. The van der Waals surface area contributed by atoms with Gasteiger partial charge in [-0.25, -0.2) is 9.78 Å². The molecule has 0 radical (unpaired) electrons. The maximum absolute atomic E-state index is 10.1. The number of carbonyl (C=O) groups is 1. The van der Waals surface area contributed by atoms with Gasteiger partial charge in [-0.05, 0) is 36.5 Å². The predicted molar refractivity (Wildman–Crippen MR) is 97.2 cm³/mol. The Kier molecular flexibility index (Phi) is 9.42. The van der Waals surface area contributed by atoms with Crippen LogP contribution in [-0.2, 0) is 27.6 Å². The first kappa shape index (κ1) is 21.7. The Balaban J connectivity index is 0.000000290. The fourth-order valence-corrected chi connectivity index (χ4v) is 2.15. The van der Waals surface area contributed by atoms with E-state index < -0.39 is 5.97 Å². The SMILES string of the molecule is CNCc1ccnc(-c2[c-]ccc(C)c2)c1.O=C(O)c1ccccn1.[Pt]. The van der Waals surface area contributed by atoms with Gasteiger partial charge in [-0.1, -0.05) is 19.1 Å². The number of carboxylic acid groups (broad SMARTS) is 1. The summed E-state index contributed by atoms with van der Waals surface area (Å²) in [6.07, 6.45) is 3.29. The fourth-order valence-electron chi connectivity index (χ4n) is 2.15. The van der Waals surface area contributed by atoms with Crippen molar-refractivity contribution in [3.63, 3.8) is 0 Å². The van der Waals surface area contributed by atoms with Gasteiger partial charge in [0.15, 0.2) is 0 Å². The molecule has 0 bridgehead atoms. The fraction of sp³-hybridized carbons (Fsp3) is 0.150. The first-order valence-corrected chi connectivity index (χ1v) is 7.82. The van der Waals surface area contributed by atoms with Gasteiger partial charge in [-0.15, -0.1) is 35.4 Å². The van der Waals surface area contributed by atoms with Gasteiger partial charge in [0, 0.05) is 40.0 Å². The Hall–Kier alpha value is -2.36. The van der Waals surface area contributed by atoms with E-state index >= 15 is 0 Å². The molecule has 0 saturated carbocycles. The topological polar surface area (TPSA) is 75.1 Å². The Morgan fingerprint density at radius 1 is 1.15 bits per heavy atom. The summed E-state index contributed by atoms with van der Waals surface area (Å²) in [4.78, 5) is 18.1. The second-order valence-corrected chi connectivity index (χ2v) is 5.38. The summed E-state index contributed by atoms with van der Waals surface area (Å²) in [7, 11) is 1.94. The summed E-state index contributed by atoms with van der Waals surface area (Å²) in [5.41, 5.74) is 4.59. The van der Waals surface area contributed by atoms with Gasteiger partial charge < -0.3 is 15.4 Å². The van der Waals surface area contributed by atoms with Gasteiger partial charge >= 0.3 is 5.97 Å². The molecule has 0 aliphatic carbocycles. The van der Waals surface area contributed by atoms with E-state index in [9.17, 15) is 4.79 Å². The Bertz CT molecular complexity index is 826. The molecule has 6 heteroatoms. The number of aromatic nitrogens is 2. The molecule has 0 atom stereocenters. The molecule has 138 valence electrons. The molecule has 0 unspecified atom stereocenters. The number of nitrogens with zero attached hydrogens (tertiary/aromatic N) is 2. The first-order valence-electron chi connectivity index (χ1n) is 7.82. The molecule has 26 heavy (non-hydrogen) atoms. The maximum atomic E-state index is 10.1. The van der Waals surface area contributed by atoms with E-state index in [2.05, 4.69) is 40.4 Å². The average molecular weight is 529 g/mol. The first-order chi connectivity index (χ1) is 12.1. The second-order valence-electron chi connectivity index (χ2n) is 5.38. The number of hydrogen-bond acceptors (Lipinski definition) is 4. The standard InChI is InChI=1S/C14H15N2.C6H5NO2.Pt/c1-11-4-3-5-13(8-11)14-9-12(10-15-2)6-7-16-14;8-6(9)5-3-1-2-4-7-5;/h3-4,6-9,15H,10H2,1-2H3;1-4H,(H,8,9);/q-1;;. The molecule has 0 saturated heterocycles. The molecule has 0 aliphatic rings. The summed E-state index contributed by atoms with van der Waals surface area (Å²) >= 11 is 0. The van der Waals surface area contributed by atoms with Crippen molar-refractivity contribution in [2.24, 2.45) is 0 Å². The van der Waals surface area contributed by atoms with Gasteiger partial charge in [0.25, 0.3) is 0 Å². The van der Waals surface area contributed by atoms with Crippen molar-refractivity contribution in [1.29, 1.82) is 0 Å².